The van der Waals surface area contributed by atoms with Crippen molar-refractivity contribution in [3.8, 4) is 0 Å². The third-order valence-corrected chi connectivity index (χ3v) is 2.98. The molecule has 2 atom stereocenters. The van der Waals surface area contributed by atoms with Crippen LogP contribution in [0.5, 0.6) is 0 Å². The van der Waals surface area contributed by atoms with Gasteiger partial charge < -0.3 is 15.9 Å². The van der Waals surface area contributed by atoms with Crippen LogP contribution in [0.2, 0.25) is 0 Å². The number of imide groups is 1. The molecule has 0 fully saturated rings. The van der Waals surface area contributed by atoms with Gasteiger partial charge in [-0.1, -0.05) is 0 Å². The number of hydrogen-bond acceptors (Lipinski definition) is 6. The van der Waals surface area contributed by atoms with E-state index in [0.29, 0.717) is 4.90 Å². The fourth-order valence-corrected chi connectivity index (χ4v) is 1.88. The van der Waals surface area contributed by atoms with Crippen molar-refractivity contribution in [2.45, 2.75) is 24.9 Å². The molecule has 4 N–H and O–H groups in total. The number of rotatable bonds is 9. The molecule has 0 aromatic carbocycles. The van der Waals surface area contributed by atoms with E-state index in [-0.39, 0.29) is 25.0 Å². The topological polar surface area (TPSA) is 138 Å². The van der Waals surface area contributed by atoms with Crippen molar-refractivity contribution in [3.05, 3.63) is 0 Å². The molecule has 9 heteroatoms. The molecule has 0 aliphatic carbocycles. The molecule has 0 saturated heterocycles. The lowest BCUT2D eigenvalue weighted by Crippen LogP contribution is -2.46. The second-order valence-corrected chi connectivity index (χ2v) is 4.61. The molecule has 0 aliphatic heterocycles. The number of thioether (sulfide) groups is 1. The molecule has 0 aliphatic rings. The predicted molar refractivity (Wildman–Crippen MR) is 67.6 cm³/mol. The van der Waals surface area contributed by atoms with Crippen molar-refractivity contribution in [1.29, 1.82) is 0 Å². The van der Waals surface area contributed by atoms with Crippen LogP contribution < -0.4 is 5.73 Å². The number of hydrogen-bond donors (Lipinski definition) is 3. The molecule has 0 aromatic heterocycles. The fraction of sp³-hybridized carbons (Fsp3) is 0.600. The van der Waals surface area contributed by atoms with Gasteiger partial charge in [0.15, 0.2) is 0 Å². The van der Waals surface area contributed by atoms with Crippen molar-refractivity contribution < 1.29 is 29.4 Å². The summed E-state index contributed by atoms with van der Waals surface area (Å²) in [6.45, 7) is 0. The number of nitrogens with two attached hydrogens (primary N) is 1. The van der Waals surface area contributed by atoms with Crippen LogP contribution in [0.25, 0.3) is 0 Å². The SMILES string of the molecule is CSCC(C(=O)O)N(C=O)C(=O)CCC(N)C(=O)O. The molecular formula is C10H16N2O6S. The van der Waals surface area contributed by atoms with E-state index < -0.39 is 29.9 Å². The molecule has 108 valence electrons. The zero-order valence-corrected chi connectivity index (χ0v) is 11.1. The molecule has 0 rings (SSSR count). The van der Waals surface area contributed by atoms with Gasteiger partial charge in [0.25, 0.3) is 0 Å². The zero-order chi connectivity index (χ0) is 15.0. The molecule has 0 radical (unpaired) electrons. The van der Waals surface area contributed by atoms with Gasteiger partial charge in [-0.2, -0.15) is 11.8 Å². The van der Waals surface area contributed by atoms with Crippen molar-refractivity contribution in [2.24, 2.45) is 5.73 Å². The third kappa shape index (κ3) is 5.71. The van der Waals surface area contributed by atoms with Crippen LogP contribution in [0.4, 0.5) is 0 Å². The lowest BCUT2D eigenvalue weighted by Gasteiger charge is -2.22. The summed E-state index contributed by atoms with van der Waals surface area (Å²) in [4.78, 5) is 44.5. The summed E-state index contributed by atoms with van der Waals surface area (Å²) in [6.07, 6.45) is 1.32. The van der Waals surface area contributed by atoms with Crippen LogP contribution in [-0.2, 0) is 19.2 Å². The largest absolute Gasteiger partial charge is 0.480 e. The summed E-state index contributed by atoms with van der Waals surface area (Å²) < 4.78 is 0. The lowest BCUT2D eigenvalue weighted by molar-refractivity contribution is -0.152. The monoisotopic (exact) mass is 292 g/mol. The van der Waals surface area contributed by atoms with Crippen LogP contribution in [0.15, 0.2) is 0 Å². The van der Waals surface area contributed by atoms with Crippen LogP contribution in [0.1, 0.15) is 12.8 Å². The van der Waals surface area contributed by atoms with Gasteiger partial charge in [0.2, 0.25) is 12.3 Å². The molecule has 0 heterocycles. The summed E-state index contributed by atoms with van der Waals surface area (Å²) in [6, 6.07) is -2.48. The fourth-order valence-electron chi connectivity index (χ4n) is 1.27. The van der Waals surface area contributed by atoms with E-state index >= 15 is 0 Å². The molecule has 2 unspecified atom stereocenters. The molecular weight excluding hydrogens is 276 g/mol. The van der Waals surface area contributed by atoms with Crippen molar-refractivity contribution >= 4 is 36.0 Å². The van der Waals surface area contributed by atoms with Crippen molar-refractivity contribution in [1.82, 2.24) is 4.90 Å². The van der Waals surface area contributed by atoms with Crippen LogP contribution in [0.3, 0.4) is 0 Å². The molecule has 0 spiro atoms. The first kappa shape index (κ1) is 17.4. The normalized spacial score (nSPS) is 13.4. The summed E-state index contributed by atoms with van der Waals surface area (Å²) in [5.41, 5.74) is 5.22. The third-order valence-electron chi connectivity index (χ3n) is 2.33. The molecule has 0 bridgehead atoms. The van der Waals surface area contributed by atoms with Gasteiger partial charge in [-0.05, 0) is 12.7 Å². The van der Waals surface area contributed by atoms with Gasteiger partial charge in [-0.15, -0.1) is 0 Å². The molecule has 0 aromatic rings. The number of carboxylic acid groups (broad SMARTS) is 2. The summed E-state index contributed by atoms with van der Waals surface area (Å²) in [7, 11) is 0. The maximum absolute atomic E-state index is 11.7. The highest BCUT2D eigenvalue weighted by molar-refractivity contribution is 7.98. The van der Waals surface area contributed by atoms with E-state index in [9.17, 15) is 19.2 Å². The number of carbonyl (C=O) groups is 4. The Morgan fingerprint density at radius 3 is 2.26 bits per heavy atom. The highest BCUT2D eigenvalue weighted by atomic mass is 32.2. The van der Waals surface area contributed by atoms with Crippen LogP contribution in [0, 0.1) is 0 Å². The maximum atomic E-state index is 11.7. The number of carbonyl (C=O) groups excluding carboxylic acids is 2. The number of carboxylic acids is 2. The standard InChI is InChI=1S/C10H16N2O6S/c1-19-4-7(10(17)18)12(5-13)8(14)3-2-6(11)9(15)16/h5-7H,2-4,11H2,1H3,(H,15,16)(H,17,18). The second kappa shape index (κ2) is 8.48. The average molecular weight is 292 g/mol. The number of amides is 2. The Labute approximate surface area is 113 Å². The first-order valence-electron chi connectivity index (χ1n) is 5.31. The van der Waals surface area contributed by atoms with E-state index in [0.717, 1.165) is 0 Å². The highest BCUT2D eigenvalue weighted by Crippen LogP contribution is 2.09. The quantitative estimate of drug-likeness (QED) is 0.459. The van der Waals surface area contributed by atoms with E-state index in [1.165, 1.54) is 11.8 Å². The number of nitrogens with zero attached hydrogens (tertiary/aromatic N) is 1. The van der Waals surface area contributed by atoms with E-state index in [1.54, 1.807) is 6.26 Å². The Morgan fingerprint density at radius 1 is 1.32 bits per heavy atom. The van der Waals surface area contributed by atoms with Gasteiger partial charge in [0, 0.05) is 12.2 Å². The van der Waals surface area contributed by atoms with Gasteiger partial charge in [-0.25, -0.2) is 4.79 Å². The lowest BCUT2D eigenvalue weighted by atomic mass is 10.1. The zero-order valence-electron chi connectivity index (χ0n) is 10.3. The van der Waals surface area contributed by atoms with Gasteiger partial charge in [-0.3, -0.25) is 19.3 Å². The van der Waals surface area contributed by atoms with Gasteiger partial charge in [0.1, 0.15) is 12.1 Å². The Bertz CT molecular complexity index is 362. The van der Waals surface area contributed by atoms with Crippen LogP contribution in [-0.4, -0.2) is 63.5 Å². The first-order chi connectivity index (χ1) is 8.84. The Hall–Kier alpha value is -1.61. The Morgan fingerprint density at radius 2 is 1.89 bits per heavy atom. The predicted octanol–water partition coefficient (Wildman–Crippen LogP) is -1.02. The average Bonchev–Trinajstić information content (AvgIpc) is 2.35. The summed E-state index contributed by atoms with van der Waals surface area (Å²) >= 11 is 1.18. The highest BCUT2D eigenvalue weighted by Gasteiger charge is 2.29. The molecule has 2 amide bonds. The molecule has 19 heavy (non-hydrogen) atoms. The van der Waals surface area contributed by atoms with Crippen molar-refractivity contribution in [3.63, 3.8) is 0 Å². The molecule has 0 saturated carbocycles. The first-order valence-corrected chi connectivity index (χ1v) is 6.71. The van der Waals surface area contributed by atoms with Gasteiger partial charge in [0.05, 0.1) is 0 Å². The van der Waals surface area contributed by atoms with Crippen LogP contribution >= 0.6 is 11.8 Å². The minimum Gasteiger partial charge on any atom is -0.480 e. The van der Waals surface area contributed by atoms with Gasteiger partial charge >= 0.3 is 11.9 Å². The van der Waals surface area contributed by atoms with E-state index in [2.05, 4.69) is 0 Å². The molecule has 8 nitrogen and oxygen atoms in total. The Balaban J connectivity index is 4.65. The second-order valence-electron chi connectivity index (χ2n) is 3.70. The van der Waals surface area contributed by atoms with Crippen molar-refractivity contribution in [2.75, 3.05) is 12.0 Å². The number of aliphatic carboxylic acids is 2. The van der Waals surface area contributed by atoms with E-state index in [4.69, 9.17) is 15.9 Å². The smallest absolute Gasteiger partial charge is 0.327 e. The summed E-state index contributed by atoms with van der Waals surface area (Å²) in [5, 5.41) is 17.5. The minimum atomic E-state index is -1.29. The Kier molecular flexibility index (Phi) is 7.77. The maximum Gasteiger partial charge on any atom is 0.327 e. The minimum absolute atomic E-state index is 0.0603. The van der Waals surface area contributed by atoms with E-state index in [1.807, 2.05) is 0 Å². The summed E-state index contributed by atoms with van der Waals surface area (Å²) in [5.74, 6) is -3.25.